The fourth-order valence-electron chi connectivity index (χ4n) is 1.87. The molecular formula is C14H23NO3. The Labute approximate surface area is 109 Å². The van der Waals surface area contributed by atoms with Crippen molar-refractivity contribution >= 4 is 0 Å². The van der Waals surface area contributed by atoms with Crippen LogP contribution in [0.1, 0.15) is 31.0 Å². The van der Waals surface area contributed by atoms with Crippen LogP contribution in [0.2, 0.25) is 0 Å². The summed E-state index contributed by atoms with van der Waals surface area (Å²) < 4.78 is 10.8. The van der Waals surface area contributed by atoms with Crippen LogP contribution in [-0.4, -0.2) is 25.9 Å². The van der Waals surface area contributed by atoms with Crippen molar-refractivity contribution in [1.29, 1.82) is 0 Å². The van der Waals surface area contributed by atoms with Crippen LogP contribution in [0.25, 0.3) is 0 Å². The van der Waals surface area contributed by atoms with E-state index < -0.39 is 5.41 Å². The number of ether oxygens (including phenoxy) is 2. The van der Waals surface area contributed by atoms with Crippen molar-refractivity contribution in [2.24, 2.45) is 11.1 Å². The lowest BCUT2D eigenvalue weighted by Crippen LogP contribution is -2.33. The molecule has 1 aromatic rings. The van der Waals surface area contributed by atoms with E-state index in [-0.39, 0.29) is 12.6 Å². The summed E-state index contributed by atoms with van der Waals surface area (Å²) in [4.78, 5) is 0. The minimum Gasteiger partial charge on any atom is -0.496 e. The van der Waals surface area contributed by atoms with Crippen molar-refractivity contribution in [3.63, 3.8) is 0 Å². The second kappa shape index (κ2) is 5.59. The lowest BCUT2D eigenvalue weighted by Gasteiger charge is -2.31. The van der Waals surface area contributed by atoms with E-state index in [4.69, 9.17) is 15.2 Å². The van der Waals surface area contributed by atoms with Crippen LogP contribution in [0.15, 0.2) is 12.1 Å². The molecule has 0 heterocycles. The first-order chi connectivity index (χ1) is 8.37. The monoisotopic (exact) mass is 253 g/mol. The first kappa shape index (κ1) is 14.8. The highest BCUT2D eigenvalue weighted by molar-refractivity contribution is 5.50. The summed E-state index contributed by atoms with van der Waals surface area (Å²) in [5, 5.41) is 9.45. The van der Waals surface area contributed by atoms with Gasteiger partial charge in [0.15, 0.2) is 0 Å². The Morgan fingerprint density at radius 3 is 2.00 bits per heavy atom. The van der Waals surface area contributed by atoms with Crippen LogP contribution in [0.3, 0.4) is 0 Å². The maximum absolute atomic E-state index is 9.45. The van der Waals surface area contributed by atoms with Gasteiger partial charge < -0.3 is 20.3 Å². The molecule has 102 valence electrons. The number of benzene rings is 1. The molecule has 1 aromatic carbocycles. The standard InChI is InChI=1S/C14H23NO3/c1-9-6-10(17-4)12(11(7-9)18-5)13(15)14(2,3)8-16/h6-7,13,16H,8,15H2,1-5H3/t13-/m1/s1. The van der Waals surface area contributed by atoms with Crippen molar-refractivity contribution in [2.45, 2.75) is 26.8 Å². The van der Waals surface area contributed by atoms with Crippen LogP contribution in [0.4, 0.5) is 0 Å². The van der Waals surface area contributed by atoms with Gasteiger partial charge in [-0.3, -0.25) is 0 Å². The quantitative estimate of drug-likeness (QED) is 0.842. The Hall–Kier alpha value is -1.26. The van der Waals surface area contributed by atoms with Gasteiger partial charge in [0.2, 0.25) is 0 Å². The Morgan fingerprint density at radius 1 is 1.22 bits per heavy atom. The van der Waals surface area contributed by atoms with Gasteiger partial charge in [-0.1, -0.05) is 13.8 Å². The maximum atomic E-state index is 9.45. The summed E-state index contributed by atoms with van der Waals surface area (Å²) in [6.45, 7) is 5.79. The van der Waals surface area contributed by atoms with Crippen LogP contribution in [0, 0.1) is 12.3 Å². The molecular weight excluding hydrogens is 230 g/mol. The second-order valence-corrected chi connectivity index (χ2v) is 5.21. The molecule has 0 bridgehead atoms. The number of hydrogen-bond donors (Lipinski definition) is 2. The number of rotatable bonds is 5. The van der Waals surface area contributed by atoms with Crippen LogP contribution < -0.4 is 15.2 Å². The first-order valence-electron chi connectivity index (χ1n) is 5.96. The fourth-order valence-corrected chi connectivity index (χ4v) is 1.87. The lowest BCUT2D eigenvalue weighted by atomic mass is 9.81. The molecule has 0 aliphatic heterocycles. The molecule has 0 aliphatic carbocycles. The summed E-state index contributed by atoms with van der Waals surface area (Å²) in [5.74, 6) is 1.39. The van der Waals surface area contributed by atoms with Gasteiger partial charge in [-0.2, -0.15) is 0 Å². The maximum Gasteiger partial charge on any atom is 0.127 e. The van der Waals surface area contributed by atoms with E-state index in [0.717, 1.165) is 11.1 Å². The molecule has 0 fully saturated rings. The molecule has 0 radical (unpaired) electrons. The Balaban J connectivity index is 3.37. The summed E-state index contributed by atoms with van der Waals surface area (Å²) in [6, 6.07) is 3.48. The zero-order valence-electron chi connectivity index (χ0n) is 11.8. The largest absolute Gasteiger partial charge is 0.496 e. The number of methoxy groups -OCH3 is 2. The molecule has 1 rings (SSSR count). The molecule has 1 atom stereocenters. The predicted octanol–water partition coefficient (Wildman–Crippen LogP) is 2.03. The Bertz CT molecular complexity index is 390. The average molecular weight is 253 g/mol. The smallest absolute Gasteiger partial charge is 0.127 e. The van der Waals surface area contributed by atoms with Gasteiger partial charge in [-0.15, -0.1) is 0 Å². The van der Waals surface area contributed by atoms with Gasteiger partial charge in [-0.05, 0) is 24.6 Å². The molecule has 0 spiro atoms. The number of aliphatic hydroxyl groups is 1. The van der Waals surface area contributed by atoms with Crippen molar-refractivity contribution in [2.75, 3.05) is 20.8 Å². The summed E-state index contributed by atoms with van der Waals surface area (Å²) in [6.07, 6.45) is 0. The van der Waals surface area contributed by atoms with E-state index in [0.29, 0.717) is 11.5 Å². The van der Waals surface area contributed by atoms with Crippen molar-refractivity contribution < 1.29 is 14.6 Å². The highest BCUT2D eigenvalue weighted by atomic mass is 16.5. The van der Waals surface area contributed by atoms with Gasteiger partial charge >= 0.3 is 0 Å². The van der Waals surface area contributed by atoms with E-state index >= 15 is 0 Å². The van der Waals surface area contributed by atoms with E-state index in [1.165, 1.54) is 0 Å². The number of aryl methyl sites for hydroxylation is 1. The topological polar surface area (TPSA) is 64.7 Å². The lowest BCUT2D eigenvalue weighted by molar-refractivity contribution is 0.129. The number of aliphatic hydroxyl groups excluding tert-OH is 1. The predicted molar refractivity (Wildman–Crippen MR) is 72.1 cm³/mol. The Kier molecular flexibility index (Phi) is 4.59. The molecule has 0 unspecified atom stereocenters. The SMILES string of the molecule is COc1cc(C)cc(OC)c1[C@@H](N)C(C)(C)CO. The molecule has 3 N–H and O–H groups in total. The van der Waals surface area contributed by atoms with E-state index in [2.05, 4.69) is 0 Å². The van der Waals surface area contributed by atoms with Gasteiger partial charge in [0.25, 0.3) is 0 Å². The van der Waals surface area contributed by atoms with Crippen LogP contribution >= 0.6 is 0 Å². The normalized spacial score (nSPS) is 13.3. The third kappa shape index (κ3) is 2.76. The van der Waals surface area contributed by atoms with Crippen LogP contribution in [0.5, 0.6) is 11.5 Å². The first-order valence-corrected chi connectivity index (χ1v) is 5.96. The molecule has 0 aromatic heterocycles. The summed E-state index contributed by atoms with van der Waals surface area (Å²) in [5.41, 5.74) is 7.66. The highest BCUT2D eigenvalue weighted by Gasteiger charge is 2.31. The zero-order valence-corrected chi connectivity index (χ0v) is 11.8. The minimum absolute atomic E-state index is 0.00560. The van der Waals surface area contributed by atoms with E-state index in [1.807, 2.05) is 32.9 Å². The summed E-state index contributed by atoms with van der Waals surface area (Å²) in [7, 11) is 3.22. The molecule has 18 heavy (non-hydrogen) atoms. The van der Waals surface area contributed by atoms with Gasteiger partial charge in [0, 0.05) is 18.1 Å². The van der Waals surface area contributed by atoms with Crippen molar-refractivity contribution in [3.8, 4) is 11.5 Å². The molecule has 0 amide bonds. The van der Waals surface area contributed by atoms with Crippen LogP contribution in [-0.2, 0) is 0 Å². The molecule has 0 saturated carbocycles. The number of nitrogens with two attached hydrogens (primary N) is 1. The molecule has 0 aliphatic rings. The van der Waals surface area contributed by atoms with Crippen molar-refractivity contribution in [1.82, 2.24) is 0 Å². The van der Waals surface area contributed by atoms with Crippen molar-refractivity contribution in [3.05, 3.63) is 23.3 Å². The fraction of sp³-hybridized carbons (Fsp3) is 0.571. The molecule has 4 nitrogen and oxygen atoms in total. The Morgan fingerprint density at radius 2 is 1.67 bits per heavy atom. The second-order valence-electron chi connectivity index (χ2n) is 5.21. The average Bonchev–Trinajstić information content (AvgIpc) is 2.36. The minimum atomic E-state index is -0.449. The third-order valence-corrected chi connectivity index (χ3v) is 3.25. The summed E-state index contributed by atoms with van der Waals surface area (Å²) >= 11 is 0. The molecule has 4 heteroatoms. The zero-order chi connectivity index (χ0) is 13.9. The number of hydrogen-bond acceptors (Lipinski definition) is 4. The van der Waals surface area contributed by atoms with Gasteiger partial charge in [-0.25, -0.2) is 0 Å². The van der Waals surface area contributed by atoms with E-state index in [1.54, 1.807) is 14.2 Å². The molecule has 0 saturated heterocycles. The van der Waals surface area contributed by atoms with Gasteiger partial charge in [0.05, 0.1) is 19.8 Å². The van der Waals surface area contributed by atoms with Gasteiger partial charge in [0.1, 0.15) is 11.5 Å². The highest BCUT2D eigenvalue weighted by Crippen LogP contribution is 2.41. The van der Waals surface area contributed by atoms with E-state index in [9.17, 15) is 5.11 Å². The third-order valence-electron chi connectivity index (χ3n) is 3.25.